The smallest absolute Gasteiger partial charge is 0.416 e. The molecule has 1 aromatic carbocycles. The predicted octanol–water partition coefficient (Wildman–Crippen LogP) is 3.82. The van der Waals surface area contributed by atoms with Crippen LogP contribution in [0.3, 0.4) is 0 Å². The quantitative estimate of drug-likeness (QED) is 0.832. The van der Waals surface area contributed by atoms with E-state index in [0.717, 1.165) is 35.6 Å². The summed E-state index contributed by atoms with van der Waals surface area (Å²) < 4.78 is 42.4. The van der Waals surface area contributed by atoms with Crippen LogP contribution in [0, 0.1) is 11.3 Å². The van der Waals surface area contributed by atoms with Gasteiger partial charge in [-0.1, -0.05) is 0 Å². The zero-order valence-corrected chi connectivity index (χ0v) is 13.6. The first-order valence-corrected chi connectivity index (χ1v) is 7.77. The Hall–Kier alpha value is -2.86. The van der Waals surface area contributed by atoms with Crippen molar-refractivity contribution in [1.29, 1.82) is 5.26 Å². The van der Waals surface area contributed by atoms with Crippen molar-refractivity contribution in [3.8, 4) is 6.07 Å². The number of carbonyl (C=O) groups is 2. The number of anilines is 1. The average Bonchev–Trinajstić information content (AvgIpc) is 3.01. The molecule has 5 nitrogen and oxygen atoms in total. The van der Waals surface area contributed by atoms with Crippen molar-refractivity contribution in [2.75, 3.05) is 5.32 Å². The molecule has 1 aromatic heterocycles. The number of halogens is 3. The summed E-state index contributed by atoms with van der Waals surface area (Å²) in [7, 11) is 0. The molecule has 0 bridgehead atoms. The highest BCUT2D eigenvalue weighted by Crippen LogP contribution is 2.29. The molecule has 0 fully saturated rings. The second-order valence-corrected chi connectivity index (χ2v) is 5.80. The second-order valence-electron chi connectivity index (χ2n) is 4.89. The minimum absolute atomic E-state index is 0.110. The number of hydrogen-bond donors (Lipinski definition) is 1. The van der Waals surface area contributed by atoms with Gasteiger partial charge in [0.15, 0.2) is 6.10 Å². The van der Waals surface area contributed by atoms with E-state index in [0.29, 0.717) is 5.00 Å². The van der Waals surface area contributed by atoms with Crippen molar-refractivity contribution in [3.05, 3.63) is 52.4 Å². The summed E-state index contributed by atoms with van der Waals surface area (Å²) in [4.78, 5) is 23.9. The lowest BCUT2D eigenvalue weighted by Crippen LogP contribution is -2.30. The lowest BCUT2D eigenvalue weighted by Gasteiger charge is -2.13. The predicted molar refractivity (Wildman–Crippen MR) is 84.0 cm³/mol. The maximum atomic E-state index is 12.5. The number of ether oxygens (including phenoxy) is 1. The van der Waals surface area contributed by atoms with E-state index in [1.807, 2.05) is 6.07 Å². The Morgan fingerprint density at radius 3 is 2.44 bits per heavy atom. The van der Waals surface area contributed by atoms with Crippen LogP contribution in [-0.4, -0.2) is 18.0 Å². The first kappa shape index (κ1) is 18.5. The van der Waals surface area contributed by atoms with E-state index in [1.165, 1.54) is 13.0 Å². The molecule has 0 saturated carbocycles. The molecule has 1 atom stereocenters. The molecule has 0 radical (unpaired) electrons. The number of thiophene rings is 1. The number of carbonyl (C=O) groups excluding carboxylic acids is 2. The van der Waals surface area contributed by atoms with E-state index < -0.39 is 29.7 Å². The van der Waals surface area contributed by atoms with E-state index in [2.05, 4.69) is 5.32 Å². The Morgan fingerprint density at radius 2 is 1.88 bits per heavy atom. The number of rotatable bonds is 4. The summed E-state index contributed by atoms with van der Waals surface area (Å²) in [6, 6.07) is 6.89. The maximum Gasteiger partial charge on any atom is 0.416 e. The van der Waals surface area contributed by atoms with Gasteiger partial charge >= 0.3 is 12.1 Å². The minimum Gasteiger partial charge on any atom is -0.449 e. The third-order valence-corrected chi connectivity index (χ3v) is 3.95. The number of amides is 1. The highest BCUT2D eigenvalue weighted by molar-refractivity contribution is 7.14. The zero-order chi connectivity index (χ0) is 18.6. The van der Waals surface area contributed by atoms with Gasteiger partial charge in [-0.25, -0.2) is 4.79 Å². The highest BCUT2D eigenvalue weighted by Gasteiger charge is 2.30. The molecule has 1 amide bonds. The minimum atomic E-state index is -4.51. The van der Waals surface area contributed by atoms with Crippen molar-refractivity contribution >= 4 is 28.2 Å². The largest absolute Gasteiger partial charge is 0.449 e. The van der Waals surface area contributed by atoms with Gasteiger partial charge in [0.25, 0.3) is 5.91 Å². The molecule has 0 saturated heterocycles. The van der Waals surface area contributed by atoms with Crippen LogP contribution >= 0.6 is 11.3 Å². The average molecular weight is 368 g/mol. The van der Waals surface area contributed by atoms with Crippen LogP contribution in [0.15, 0.2) is 35.7 Å². The molecule has 0 aliphatic heterocycles. The van der Waals surface area contributed by atoms with Gasteiger partial charge in [-0.2, -0.15) is 18.4 Å². The first-order chi connectivity index (χ1) is 11.7. The molecule has 9 heteroatoms. The summed E-state index contributed by atoms with van der Waals surface area (Å²) in [5, 5.41) is 13.3. The number of nitriles is 1. The van der Waals surface area contributed by atoms with Gasteiger partial charge < -0.3 is 10.1 Å². The molecule has 130 valence electrons. The van der Waals surface area contributed by atoms with Crippen molar-refractivity contribution in [1.82, 2.24) is 0 Å². The van der Waals surface area contributed by atoms with Crippen LogP contribution in [0.4, 0.5) is 18.2 Å². The molecule has 1 N–H and O–H groups in total. The van der Waals surface area contributed by atoms with Gasteiger partial charge in [0.2, 0.25) is 0 Å². The van der Waals surface area contributed by atoms with E-state index >= 15 is 0 Å². The molecule has 1 heterocycles. The number of nitrogens with one attached hydrogen (secondary N) is 1. The molecule has 2 rings (SSSR count). The summed E-state index contributed by atoms with van der Waals surface area (Å²) >= 11 is 1.14. The fourth-order valence-electron chi connectivity index (χ4n) is 1.79. The Kier molecular flexibility index (Phi) is 5.44. The van der Waals surface area contributed by atoms with Crippen LogP contribution in [0.25, 0.3) is 0 Å². The Labute approximate surface area is 144 Å². The lowest BCUT2D eigenvalue weighted by molar-refractivity contribution is -0.137. The number of hydrogen-bond acceptors (Lipinski definition) is 5. The van der Waals surface area contributed by atoms with E-state index in [4.69, 9.17) is 10.00 Å². The molecule has 0 aliphatic rings. The Morgan fingerprint density at radius 1 is 1.24 bits per heavy atom. The first-order valence-electron chi connectivity index (χ1n) is 6.89. The molecule has 0 spiro atoms. The molecule has 25 heavy (non-hydrogen) atoms. The SMILES string of the molecule is CC(OC(=O)c1ccc(C(F)(F)F)cc1)C(=O)Nc1sccc1C#N. The fourth-order valence-corrected chi connectivity index (χ4v) is 2.53. The van der Waals surface area contributed by atoms with Crippen LogP contribution in [-0.2, 0) is 15.7 Å². The van der Waals surface area contributed by atoms with Crippen molar-refractivity contribution in [2.45, 2.75) is 19.2 Å². The Balaban J connectivity index is 2.00. The van der Waals surface area contributed by atoms with Crippen LogP contribution in [0.5, 0.6) is 0 Å². The van der Waals surface area contributed by atoms with E-state index in [-0.39, 0.29) is 11.1 Å². The summed E-state index contributed by atoms with van der Waals surface area (Å²) in [6.45, 7) is 1.32. The van der Waals surface area contributed by atoms with Gasteiger partial charge in [-0.15, -0.1) is 11.3 Å². The van der Waals surface area contributed by atoms with Crippen molar-refractivity contribution in [2.24, 2.45) is 0 Å². The number of benzene rings is 1. The monoisotopic (exact) mass is 368 g/mol. The maximum absolute atomic E-state index is 12.5. The highest BCUT2D eigenvalue weighted by atomic mass is 32.1. The second kappa shape index (κ2) is 7.36. The molecular formula is C16H11F3N2O3S. The summed E-state index contributed by atoms with van der Waals surface area (Å²) in [5.74, 6) is -1.58. The number of nitrogens with zero attached hydrogens (tertiary/aromatic N) is 1. The third-order valence-electron chi connectivity index (χ3n) is 3.12. The van der Waals surface area contributed by atoms with Crippen LogP contribution in [0.1, 0.15) is 28.4 Å². The van der Waals surface area contributed by atoms with Crippen molar-refractivity contribution in [3.63, 3.8) is 0 Å². The number of alkyl halides is 3. The lowest BCUT2D eigenvalue weighted by atomic mass is 10.1. The van der Waals surface area contributed by atoms with Crippen molar-refractivity contribution < 1.29 is 27.5 Å². The standard InChI is InChI=1S/C16H11F3N2O3S/c1-9(13(22)21-14-11(8-20)6-7-25-14)24-15(23)10-2-4-12(5-3-10)16(17,18)19/h2-7,9H,1H3,(H,21,22). The molecule has 1 unspecified atom stereocenters. The normalized spacial score (nSPS) is 12.1. The third kappa shape index (κ3) is 4.58. The van der Waals surface area contributed by atoms with Gasteiger partial charge in [0.05, 0.1) is 16.7 Å². The van der Waals surface area contributed by atoms with Crippen LogP contribution in [0.2, 0.25) is 0 Å². The summed E-state index contributed by atoms with van der Waals surface area (Å²) in [6.07, 6.45) is -5.70. The van der Waals surface area contributed by atoms with Gasteiger partial charge in [0, 0.05) is 0 Å². The fraction of sp³-hybridized carbons (Fsp3) is 0.188. The zero-order valence-electron chi connectivity index (χ0n) is 12.8. The topological polar surface area (TPSA) is 79.2 Å². The summed E-state index contributed by atoms with van der Waals surface area (Å²) in [5.41, 5.74) is -0.724. The Bertz CT molecular complexity index is 822. The molecular weight excluding hydrogens is 357 g/mol. The molecule has 2 aromatic rings. The van der Waals surface area contributed by atoms with Crippen LogP contribution < -0.4 is 5.32 Å². The van der Waals surface area contributed by atoms with E-state index in [9.17, 15) is 22.8 Å². The van der Waals surface area contributed by atoms with Gasteiger partial charge in [-0.05, 0) is 42.6 Å². The van der Waals surface area contributed by atoms with E-state index in [1.54, 1.807) is 5.38 Å². The van der Waals surface area contributed by atoms with Gasteiger partial charge in [0.1, 0.15) is 11.1 Å². The number of esters is 1. The molecule has 0 aliphatic carbocycles. The van der Waals surface area contributed by atoms with Gasteiger partial charge in [-0.3, -0.25) is 4.79 Å².